The molecule has 0 heteroatoms. The minimum Gasteiger partial charge on any atom is -0.0836 e. The van der Waals surface area contributed by atoms with E-state index in [4.69, 9.17) is 0 Å². The van der Waals surface area contributed by atoms with E-state index in [1.54, 1.807) is 0 Å². The summed E-state index contributed by atoms with van der Waals surface area (Å²) in [7, 11) is 0. The van der Waals surface area contributed by atoms with Crippen LogP contribution in [0.4, 0.5) is 0 Å². The number of benzene rings is 16. The van der Waals surface area contributed by atoms with Crippen molar-refractivity contribution in [2.45, 2.75) is 12.8 Å². The van der Waals surface area contributed by atoms with E-state index in [1.807, 2.05) is 0 Å². The van der Waals surface area contributed by atoms with Gasteiger partial charge in [0.2, 0.25) is 0 Å². The molecule has 1 aliphatic rings. The lowest BCUT2D eigenvalue weighted by Crippen LogP contribution is -2.00. The van der Waals surface area contributed by atoms with Crippen LogP contribution >= 0.6 is 0 Å². The zero-order chi connectivity index (χ0) is 53.8. The Morgan fingerprint density at radius 1 is 0.220 bits per heavy atom. The van der Waals surface area contributed by atoms with Gasteiger partial charge in [0.25, 0.3) is 0 Å². The van der Waals surface area contributed by atoms with E-state index in [1.165, 1.54) is 175 Å². The Morgan fingerprint density at radius 2 is 0.659 bits per heavy atom. The van der Waals surface area contributed by atoms with Crippen molar-refractivity contribution in [3.05, 3.63) is 296 Å². The number of hydrogen-bond donors (Lipinski definition) is 0. The van der Waals surface area contributed by atoms with E-state index in [0.29, 0.717) is 0 Å². The van der Waals surface area contributed by atoms with Crippen LogP contribution in [-0.4, -0.2) is 0 Å². The van der Waals surface area contributed by atoms with E-state index in [2.05, 4.69) is 291 Å². The molecular weight excluding hydrogens is 985 g/mol. The summed E-state index contributed by atoms with van der Waals surface area (Å²) in [5.41, 5.74) is 17.1. The second-order valence-electron chi connectivity index (χ2n) is 22.5. The maximum atomic E-state index is 2.58. The quantitative estimate of drug-likeness (QED) is 0.146. The van der Waals surface area contributed by atoms with Crippen LogP contribution < -0.4 is 0 Å². The largest absolute Gasteiger partial charge is 0.0836 e. The van der Waals surface area contributed by atoms with Gasteiger partial charge in [-0.05, 0) is 224 Å². The average molecular weight is 1040 g/mol. The predicted octanol–water partition coefficient (Wildman–Crippen LogP) is 23.0. The Kier molecular flexibility index (Phi) is 10.5. The number of allylic oxidation sites excluding steroid dienone is 1. The van der Waals surface area contributed by atoms with Gasteiger partial charge in [0.05, 0.1) is 0 Å². The fourth-order valence-corrected chi connectivity index (χ4v) is 14.2. The molecule has 0 aliphatic heterocycles. The molecule has 82 heavy (non-hydrogen) atoms. The molecule has 16 aromatic carbocycles. The minimum absolute atomic E-state index is 1.06. The first-order valence-corrected chi connectivity index (χ1v) is 28.8. The molecule has 0 aromatic heterocycles. The highest BCUT2D eigenvalue weighted by Crippen LogP contribution is 2.54. The van der Waals surface area contributed by atoms with Gasteiger partial charge in [-0.2, -0.15) is 0 Å². The lowest BCUT2D eigenvalue weighted by molar-refractivity contribution is 0.990. The van der Waals surface area contributed by atoms with Crippen LogP contribution in [-0.2, 0) is 6.42 Å². The standard InChI is InChI=1S/C82H52/c1-2-15-51(16-3-1)73-27-14-28-75-77(49-56-21-8-13-26-74(56)82(73)75)78-50-76(61-37-41-69-57(45-61)33-29-52-17-4-9-22-65(52)69)79(62-38-42-70-58(46-62)34-30-53-18-5-10-23-66(53)70)81(64-40-44-72-60(48-64)36-32-55-20-7-12-25-68(55)72)80(78)63-39-43-71-59(47-63)35-31-54-19-6-11-24-67(54)71/h1-4,6-17,19-50H,5,18H2. The van der Waals surface area contributed by atoms with Crippen LogP contribution in [0.2, 0.25) is 0 Å². The fourth-order valence-electron chi connectivity index (χ4n) is 14.2. The van der Waals surface area contributed by atoms with Crippen LogP contribution in [0.5, 0.6) is 0 Å². The second-order valence-corrected chi connectivity index (χ2v) is 22.5. The second kappa shape index (κ2) is 18.6. The number of fused-ring (bicyclic) bond motifs is 15. The summed E-state index contributed by atoms with van der Waals surface area (Å²) in [5.74, 6) is 0. The predicted molar refractivity (Wildman–Crippen MR) is 354 cm³/mol. The van der Waals surface area contributed by atoms with Crippen molar-refractivity contribution in [1.82, 2.24) is 0 Å². The molecule has 16 aromatic rings. The zero-order valence-electron chi connectivity index (χ0n) is 45.1. The Hall–Kier alpha value is -10.4. The molecule has 0 atom stereocenters. The van der Waals surface area contributed by atoms with Gasteiger partial charge in [-0.15, -0.1) is 0 Å². The van der Waals surface area contributed by atoms with Gasteiger partial charge in [0.15, 0.2) is 0 Å². The molecule has 0 saturated heterocycles. The summed E-state index contributed by atoms with van der Waals surface area (Å²) in [6.45, 7) is 0. The first kappa shape index (κ1) is 46.5. The minimum atomic E-state index is 1.06. The van der Waals surface area contributed by atoms with E-state index in [0.717, 1.165) is 12.8 Å². The Labute approximate surface area is 476 Å². The third kappa shape index (κ3) is 7.38. The molecule has 0 nitrogen and oxygen atoms in total. The van der Waals surface area contributed by atoms with Crippen molar-refractivity contribution in [3.63, 3.8) is 0 Å². The van der Waals surface area contributed by atoms with Crippen LogP contribution in [0.15, 0.2) is 285 Å². The summed E-state index contributed by atoms with van der Waals surface area (Å²) in [6, 6.07) is 106. The molecule has 0 bridgehead atoms. The highest BCUT2D eigenvalue weighted by molar-refractivity contribution is 6.23. The number of rotatable bonds is 6. The summed E-state index contributed by atoms with van der Waals surface area (Å²) in [4.78, 5) is 0. The van der Waals surface area contributed by atoms with Crippen molar-refractivity contribution in [3.8, 4) is 66.8 Å². The molecule has 0 unspecified atom stereocenters. The number of hydrogen-bond acceptors (Lipinski definition) is 0. The first-order valence-electron chi connectivity index (χ1n) is 28.8. The van der Waals surface area contributed by atoms with Gasteiger partial charge >= 0.3 is 0 Å². The van der Waals surface area contributed by atoms with Crippen molar-refractivity contribution in [2.24, 2.45) is 0 Å². The Morgan fingerprint density at radius 3 is 1.28 bits per heavy atom. The number of aryl methyl sites for hydroxylation is 1. The molecule has 17 rings (SSSR count). The van der Waals surface area contributed by atoms with Gasteiger partial charge in [-0.1, -0.05) is 255 Å². The topological polar surface area (TPSA) is 0 Å². The molecule has 0 radical (unpaired) electrons. The van der Waals surface area contributed by atoms with Gasteiger partial charge < -0.3 is 0 Å². The van der Waals surface area contributed by atoms with Gasteiger partial charge in [0.1, 0.15) is 0 Å². The molecule has 0 N–H and O–H groups in total. The average Bonchev–Trinajstić information content (AvgIpc) is 3.73. The smallest absolute Gasteiger partial charge is 0.00141 e. The van der Waals surface area contributed by atoms with Crippen molar-refractivity contribution in [1.29, 1.82) is 0 Å². The molecule has 0 amide bonds. The molecule has 0 fully saturated rings. The van der Waals surface area contributed by atoms with Gasteiger partial charge in [-0.25, -0.2) is 0 Å². The van der Waals surface area contributed by atoms with E-state index < -0.39 is 0 Å². The van der Waals surface area contributed by atoms with Crippen molar-refractivity contribution >= 4 is 103 Å². The van der Waals surface area contributed by atoms with E-state index in [-0.39, 0.29) is 0 Å². The molecule has 0 spiro atoms. The lowest BCUT2D eigenvalue weighted by atomic mass is 9.76. The van der Waals surface area contributed by atoms with E-state index in [9.17, 15) is 0 Å². The van der Waals surface area contributed by atoms with Crippen LogP contribution in [0.3, 0.4) is 0 Å². The Balaban J connectivity index is 1.08. The highest BCUT2D eigenvalue weighted by Gasteiger charge is 2.27. The first-order chi connectivity index (χ1) is 40.6. The SMILES string of the molecule is C1=Cc2c(ccc3cc(-c4c(-c5ccc6c(ccc7ccccc76)c5)cc(-c5cc6ccccc6c6c(-c7ccccc7)cccc56)c(-c5ccc6c(ccc7ccccc76)c5)c4-c4ccc5c(ccc6ccccc65)c4)ccc23)CC1. The van der Waals surface area contributed by atoms with Crippen molar-refractivity contribution in [2.75, 3.05) is 0 Å². The van der Waals surface area contributed by atoms with Crippen molar-refractivity contribution < 1.29 is 0 Å². The summed E-state index contributed by atoms with van der Waals surface area (Å²) in [6.07, 6.45) is 6.83. The summed E-state index contributed by atoms with van der Waals surface area (Å²) < 4.78 is 0. The molecule has 1 aliphatic carbocycles. The maximum absolute atomic E-state index is 2.58. The molecular formula is C82H52. The van der Waals surface area contributed by atoms with Gasteiger partial charge in [-0.3, -0.25) is 0 Å². The highest BCUT2D eigenvalue weighted by atomic mass is 14.3. The van der Waals surface area contributed by atoms with Crippen LogP contribution in [0.25, 0.3) is 170 Å². The third-order valence-corrected chi connectivity index (χ3v) is 18.0. The normalized spacial score (nSPS) is 12.5. The lowest BCUT2D eigenvalue weighted by Gasteiger charge is -2.26. The monoisotopic (exact) mass is 1040 g/mol. The maximum Gasteiger partial charge on any atom is -0.00141 e. The van der Waals surface area contributed by atoms with Crippen LogP contribution in [0, 0.1) is 0 Å². The third-order valence-electron chi connectivity index (χ3n) is 18.0. The Bertz CT molecular complexity index is 5380. The molecule has 380 valence electrons. The molecule has 0 heterocycles. The molecule has 0 saturated carbocycles. The fraction of sp³-hybridized carbons (Fsp3) is 0.0244. The van der Waals surface area contributed by atoms with E-state index >= 15 is 0 Å². The van der Waals surface area contributed by atoms with Crippen LogP contribution in [0.1, 0.15) is 17.5 Å². The summed E-state index contributed by atoms with van der Waals surface area (Å²) in [5, 5.41) is 22.4. The zero-order valence-corrected chi connectivity index (χ0v) is 45.1. The summed E-state index contributed by atoms with van der Waals surface area (Å²) >= 11 is 0. The van der Waals surface area contributed by atoms with Gasteiger partial charge in [0, 0.05) is 0 Å².